The van der Waals surface area contributed by atoms with E-state index in [2.05, 4.69) is 6.92 Å². The van der Waals surface area contributed by atoms with E-state index in [1.807, 2.05) is 55.4 Å². The molecule has 0 aliphatic carbocycles. The molecule has 0 bridgehead atoms. The van der Waals surface area contributed by atoms with Crippen LogP contribution in [0, 0.1) is 0 Å². The summed E-state index contributed by atoms with van der Waals surface area (Å²) in [7, 11) is 3.94. The van der Waals surface area contributed by atoms with Crippen LogP contribution in [0.25, 0.3) is 0 Å². The number of anilines is 1. The zero-order chi connectivity index (χ0) is 18.9. The molecule has 2 aromatic carbocycles. The van der Waals surface area contributed by atoms with E-state index in [1.165, 1.54) is 0 Å². The van der Waals surface area contributed by atoms with Gasteiger partial charge in [0.2, 0.25) is 0 Å². The number of unbranched alkanes of at least 4 members (excludes halogenated alkanes) is 1. The summed E-state index contributed by atoms with van der Waals surface area (Å²) in [6, 6.07) is 14.8. The number of aliphatic hydroxyl groups excluding tert-OH is 1. The van der Waals surface area contributed by atoms with Crippen LogP contribution < -0.4 is 4.90 Å². The highest BCUT2D eigenvalue weighted by molar-refractivity contribution is 6.01. The SMILES string of the molecule is CCCCOCCc1cc(N(C)C)ccc1C(=O)C(O)c1ccccc1. The minimum absolute atomic E-state index is 0.273. The lowest BCUT2D eigenvalue weighted by Gasteiger charge is -2.18. The highest BCUT2D eigenvalue weighted by atomic mass is 16.5. The van der Waals surface area contributed by atoms with Crippen molar-refractivity contribution in [3.8, 4) is 0 Å². The average molecular weight is 355 g/mol. The Kier molecular flexibility index (Phi) is 7.82. The fourth-order valence-electron chi connectivity index (χ4n) is 2.77. The van der Waals surface area contributed by atoms with Crippen molar-refractivity contribution in [1.82, 2.24) is 0 Å². The summed E-state index contributed by atoms with van der Waals surface area (Å²) in [6.07, 6.45) is 1.63. The molecule has 0 amide bonds. The maximum atomic E-state index is 12.9. The van der Waals surface area contributed by atoms with Gasteiger partial charge in [0.1, 0.15) is 6.10 Å². The second kappa shape index (κ2) is 10.1. The molecular formula is C22H29NO3. The number of nitrogens with zero attached hydrogens (tertiary/aromatic N) is 1. The largest absolute Gasteiger partial charge is 0.381 e. The van der Waals surface area contributed by atoms with Crippen molar-refractivity contribution in [1.29, 1.82) is 0 Å². The van der Waals surface area contributed by atoms with Gasteiger partial charge in [-0.15, -0.1) is 0 Å². The van der Waals surface area contributed by atoms with Gasteiger partial charge in [-0.1, -0.05) is 43.7 Å². The number of rotatable bonds is 10. The molecule has 0 fully saturated rings. The molecule has 4 nitrogen and oxygen atoms in total. The Morgan fingerprint density at radius 1 is 1.12 bits per heavy atom. The van der Waals surface area contributed by atoms with Gasteiger partial charge in [-0.25, -0.2) is 0 Å². The van der Waals surface area contributed by atoms with E-state index >= 15 is 0 Å². The lowest BCUT2D eigenvalue weighted by Crippen LogP contribution is -2.17. The van der Waals surface area contributed by atoms with Crippen LogP contribution in [0.2, 0.25) is 0 Å². The van der Waals surface area contributed by atoms with Crippen LogP contribution in [0.15, 0.2) is 48.5 Å². The van der Waals surface area contributed by atoms with Gasteiger partial charge in [-0.2, -0.15) is 0 Å². The lowest BCUT2D eigenvalue weighted by molar-refractivity contribution is 0.0745. The van der Waals surface area contributed by atoms with Crippen LogP contribution in [-0.2, 0) is 11.2 Å². The quantitative estimate of drug-likeness (QED) is 0.516. The van der Waals surface area contributed by atoms with Crippen molar-refractivity contribution in [2.45, 2.75) is 32.3 Å². The van der Waals surface area contributed by atoms with E-state index in [0.717, 1.165) is 30.7 Å². The fraction of sp³-hybridized carbons (Fsp3) is 0.409. The molecule has 140 valence electrons. The van der Waals surface area contributed by atoms with E-state index in [9.17, 15) is 9.90 Å². The number of Topliss-reactive ketones (excluding diaryl/α,β-unsaturated/α-hetero) is 1. The Labute approximate surface area is 156 Å². The van der Waals surface area contributed by atoms with E-state index in [1.54, 1.807) is 12.1 Å². The maximum absolute atomic E-state index is 12.9. The maximum Gasteiger partial charge on any atom is 0.196 e. The molecule has 0 aliphatic heterocycles. The van der Waals surface area contributed by atoms with E-state index < -0.39 is 6.10 Å². The number of ketones is 1. The van der Waals surface area contributed by atoms with Crippen LogP contribution >= 0.6 is 0 Å². The summed E-state index contributed by atoms with van der Waals surface area (Å²) in [4.78, 5) is 14.9. The molecule has 1 N–H and O–H groups in total. The van der Waals surface area contributed by atoms with E-state index in [0.29, 0.717) is 24.2 Å². The van der Waals surface area contributed by atoms with Crippen molar-refractivity contribution in [2.75, 3.05) is 32.2 Å². The molecule has 0 saturated carbocycles. The molecule has 0 radical (unpaired) electrons. The monoisotopic (exact) mass is 355 g/mol. The Morgan fingerprint density at radius 3 is 2.50 bits per heavy atom. The zero-order valence-corrected chi connectivity index (χ0v) is 15.9. The fourth-order valence-corrected chi connectivity index (χ4v) is 2.77. The predicted octanol–water partition coefficient (Wildman–Crippen LogP) is 4.03. The smallest absolute Gasteiger partial charge is 0.196 e. The van der Waals surface area contributed by atoms with Gasteiger partial charge in [0.05, 0.1) is 6.61 Å². The van der Waals surface area contributed by atoms with Gasteiger partial charge in [0.15, 0.2) is 5.78 Å². The molecule has 1 atom stereocenters. The molecule has 0 spiro atoms. The number of ether oxygens (including phenoxy) is 1. The first-order valence-electron chi connectivity index (χ1n) is 9.19. The second-order valence-electron chi connectivity index (χ2n) is 6.63. The van der Waals surface area contributed by atoms with Gasteiger partial charge < -0.3 is 14.7 Å². The van der Waals surface area contributed by atoms with Gasteiger partial charge in [0.25, 0.3) is 0 Å². The van der Waals surface area contributed by atoms with Gasteiger partial charge in [0, 0.05) is 32.0 Å². The van der Waals surface area contributed by atoms with Crippen LogP contribution in [0.4, 0.5) is 5.69 Å². The Hall–Kier alpha value is -2.17. The molecule has 2 rings (SSSR count). The number of benzene rings is 2. The summed E-state index contributed by atoms with van der Waals surface area (Å²) in [5.74, 6) is -0.273. The molecule has 1 unspecified atom stereocenters. The third-order valence-corrected chi connectivity index (χ3v) is 4.39. The topological polar surface area (TPSA) is 49.8 Å². The van der Waals surface area contributed by atoms with Crippen molar-refractivity contribution in [3.05, 3.63) is 65.2 Å². The predicted molar refractivity (Wildman–Crippen MR) is 106 cm³/mol. The molecule has 2 aromatic rings. The van der Waals surface area contributed by atoms with Crippen molar-refractivity contribution >= 4 is 11.5 Å². The zero-order valence-electron chi connectivity index (χ0n) is 15.9. The highest BCUT2D eigenvalue weighted by Gasteiger charge is 2.22. The molecule has 4 heteroatoms. The van der Waals surface area contributed by atoms with Gasteiger partial charge in [-0.05, 0) is 42.2 Å². The van der Waals surface area contributed by atoms with Crippen molar-refractivity contribution in [3.63, 3.8) is 0 Å². The normalized spacial score (nSPS) is 12.0. The summed E-state index contributed by atoms with van der Waals surface area (Å²) < 4.78 is 5.67. The Balaban J connectivity index is 2.20. The third kappa shape index (κ3) is 5.41. The molecule has 0 aromatic heterocycles. The molecule has 0 aliphatic rings. The number of carbonyl (C=O) groups is 1. The first-order valence-corrected chi connectivity index (χ1v) is 9.19. The van der Waals surface area contributed by atoms with E-state index in [-0.39, 0.29) is 5.78 Å². The lowest BCUT2D eigenvalue weighted by atomic mass is 9.94. The number of aliphatic hydroxyl groups is 1. The Morgan fingerprint density at radius 2 is 1.85 bits per heavy atom. The standard InChI is InChI=1S/C22H29NO3/c1-4-5-14-26-15-13-18-16-19(23(2)3)11-12-20(18)22(25)21(24)17-9-7-6-8-10-17/h6-12,16,21,24H,4-5,13-15H2,1-3H3. The molecular weight excluding hydrogens is 326 g/mol. The summed E-state index contributed by atoms with van der Waals surface area (Å²) in [6.45, 7) is 3.43. The molecule has 0 saturated heterocycles. The first-order chi connectivity index (χ1) is 12.5. The second-order valence-corrected chi connectivity index (χ2v) is 6.63. The van der Waals surface area contributed by atoms with Crippen LogP contribution in [0.3, 0.4) is 0 Å². The number of hydrogen-bond acceptors (Lipinski definition) is 4. The van der Waals surface area contributed by atoms with Crippen LogP contribution in [-0.4, -0.2) is 38.2 Å². The minimum atomic E-state index is -1.15. The summed E-state index contributed by atoms with van der Waals surface area (Å²) in [5, 5.41) is 10.5. The van der Waals surface area contributed by atoms with Crippen LogP contribution in [0.5, 0.6) is 0 Å². The number of hydrogen-bond donors (Lipinski definition) is 1. The summed E-state index contributed by atoms with van der Waals surface area (Å²) >= 11 is 0. The molecule has 26 heavy (non-hydrogen) atoms. The minimum Gasteiger partial charge on any atom is -0.381 e. The van der Waals surface area contributed by atoms with Crippen LogP contribution in [0.1, 0.15) is 47.4 Å². The van der Waals surface area contributed by atoms with Gasteiger partial charge >= 0.3 is 0 Å². The summed E-state index contributed by atoms with van der Waals surface area (Å²) in [5.41, 5.74) is 3.11. The van der Waals surface area contributed by atoms with Crippen molar-refractivity contribution < 1.29 is 14.6 Å². The molecule has 0 heterocycles. The Bertz CT molecular complexity index is 698. The van der Waals surface area contributed by atoms with Gasteiger partial charge in [-0.3, -0.25) is 4.79 Å². The third-order valence-electron chi connectivity index (χ3n) is 4.39. The van der Waals surface area contributed by atoms with Crippen molar-refractivity contribution in [2.24, 2.45) is 0 Å². The average Bonchev–Trinajstić information content (AvgIpc) is 2.67. The van der Waals surface area contributed by atoms with E-state index in [4.69, 9.17) is 4.74 Å². The highest BCUT2D eigenvalue weighted by Crippen LogP contribution is 2.24. The number of carbonyl (C=O) groups excluding carboxylic acids is 1. The first kappa shape index (κ1) is 20.1.